The topological polar surface area (TPSA) is 44.4 Å². The zero-order valence-corrected chi connectivity index (χ0v) is 14.0. The van der Waals surface area contributed by atoms with Crippen LogP contribution in [0.1, 0.15) is 24.1 Å². The summed E-state index contributed by atoms with van der Waals surface area (Å²) in [6.45, 7) is 2.92. The van der Waals surface area contributed by atoms with Crippen LogP contribution in [0.2, 0.25) is 0 Å². The van der Waals surface area contributed by atoms with Gasteiger partial charge in [0.05, 0.1) is 6.54 Å². The van der Waals surface area contributed by atoms with E-state index < -0.39 is 0 Å². The monoisotopic (exact) mass is 311 g/mol. The summed E-state index contributed by atoms with van der Waals surface area (Å²) < 4.78 is 0. The van der Waals surface area contributed by atoms with Crippen LogP contribution in [0.15, 0.2) is 54.6 Å². The molecule has 2 aromatic rings. The van der Waals surface area contributed by atoms with Gasteiger partial charge in [-0.3, -0.25) is 4.79 Å². The molecule has 0 unspecified atom stereocenters. The average molecular weight is 311 g/mol. The number of carbonyl (C=O) groups excluding carboxylic acids is 1. The van der Waals surface area contributed by atoms with Crippen molar-refractivity contribution in [2.45, 2.75) is 19.5 Å². The molecule has 2 rings (SSSR count). The van der Waals surface area contributed by atoms with Gasteiger partial charge in [0.25, 0.3) is 0 Å². The second-order valence-corrected chi connectivity index (χ2v) is 5.85. The van der Waals surface area contributed by atoms with E-state index in [9.17, 15) is 4.79 Å². The summed E-state index contributed by atoms with van der Waals surface area (Å²) in [4.78, 5) is 14.0. The van der Waals surface area contributed by atoms with Gasteiger partial charge >= 0.3 is 0 Å². The van der Waals surface area contributed by atoms with Crippen molar-refractivity contribution in [2.24, 2.45) is 0 Å². The van der Waals surface area contributed by atoms with Crippen molar-refractivity contribution in [3.8, 4) is 0 Å². The number of amides is 1. The van der Waals surface area contributed by atoms with Crippen molar-refractivity contribution in [1.82, 2.24) is 10.6 Å². The predicted molar refractivity (Wildman–Crippen MR) is 95.5 cm³/mol. The molecule has 0 aliphatic carbocycles. The minimum Gasteiger partial charge on any atom is -0.378 e. The van der Waals surface area contributed by atoms with Crippen LogP contribution in [0.5, 0.6) is 0 Å². The fourth-order valence-electron chi connectivity index (χ4n) is 2.28. The fraction of sp³-hybridized carbons (Fsp3) is 0.316. The van der Waals surface area contributed by atoms with E-state index in [1.54, 1.807) is 0 Å². The van der Waals surface area contributed by atoms with Crippen molar-refractivity contribution >= 4 is 11.6 Å². The number of hydrogen-bond donors (Lipinski definition) is 2. The van der Waals surface area contributed by atoms with Crippen LogP contribution in [0.3, 0.4) is 0 Å². The Bertz CT molecular complexity index is 608. The van der Waals surface area contributed by atoms with Crippen LogP contribution in [0.25, 0.3) is 0 Å². The van der Waals surface area contributed by atoms with Crippen molar-refractivity contribution in [2.75, 3.05) is 25.5 Å². The lowest BCUT2D eigenvalue weighted by Gasteiger charge is -2.15. The number of nitrogens with zero attached hydrogens (tertiary/aromatic N) is 1. The summed E-state index contributed by atoms with van der Waals surface area (Å²) >= 11 is 0. The fourth-order valence-corrected chi connectivity index (χ4v) is 2.28. The Morgan fingerprint density at radius 3 is 2.30 bits per heavy atom. The summed E-state index contributed by atoms with van der Waals surface area (Å²) in [6.07, 6.45) is 0. The predicted octanol–water partition coefficient (Wildman–Crippen LogP) is 2.72. The van der Waals surface area contributed by atoms with Gasteiger partial charge in [-0.25, -0.2) is 0 Å². The minimum atomic E-state index is 0.00414. The molecule has 23 heavy (non-hydrogen) atoms. The molecule has 0 radical (unpaired) electrons. The number of carbonyl (C=O) groups is 1. The molecule has 1 atom stereocenters. The molecule has 0 saturated heterocycles. The van der Waals surface area contributed by atoms with Gasteiger partial charge in [-0.1, -0.05) is 42.5 Å². The Hall–Kier alpha value is -2.33. The van der Waals surface area contributed by atoms with Gasteiger partial charge in [0.2, 0.25) is 5.91 Å². The largest absolute Gasteiger partial charge is 0.378 e. The van der Waals surface area contributed by atoms with E-state index in [0.717, 1.165) is 11.3 Å². The van der Waals surface area contributed by atoms with Crippen molar-refractivity contribution in [1.29, 1.82) is 0 Å². The number of nitrogens with one attached hydrogen (secondary N) is 2. The van der Waals surface area contributed by atoms with Crippen LogP contribution >= 0.6 is 0 Å². The Morgan fingerprint density at radius 1 is 1.04 bits per heavy atom. The lowest BCUT2D eigenvalue weighted by atomic mass is 10.1. The van der Waals surface area contributed by atoms with Crippen molar-refractivity contribution in [3.05, 3.63) is 65.7 Å². The molecule has 2 N–H and O–H groups in total. The Balaban J connectivity index is 1.74. The van der Waals surface area contributed by atoms with Crippen LogP contribution in [-0.2, 0) is 11.3 Å². The molecule has 122 valence electrons. The maximum Gasteiger partial charge on any atom is 0.234 e. The van der Waals surface area contributed by atoms with E-state index in [4.69, 9.17) is 0 Å². The highest BCUT2D eigenvalue weighted by atomic mass is 16.1. The van der Waals surface area contributed by atoms with Crippen LogP contribution in [0.4, 0.5) is 5.69 Å². The van der Waals surface area contributed by atoms with E-state index in [0.29, 0.717) is 13.1 Å². The molecule has 4 nitrogen and oxygen atoms in total. The molecule has 0 saturated carbocycles. The number of rotatable bonds is 7. The first-order chi connectivity index (χ1) is 11.1. The van der Waals surface area contributed by atoms with Gasteiger partial charge in [0.1, 0.15) is 0 Å². The van der Waals surface area contributed by atoms with E-state index in [1.165, 1.54) is 5.56 Å². The third-order valence-corrected chi connectivity index (χ3v) is 3.81. The van der Waals surface area contributed by atoms with Gasteiger partial charge in [-0.2, -0.15) is 0 Å². The van der Waals surface area contributed by atoms with Crippen molar-refractivity contribution < 1.29 is 4.79 Å². The molecule has 0 bridgehead atoms. The molecular formula is C19H25N3O. The van der Waals surface area contributed by atoms with Crippen molar-refractivity contribution in [3.63, 3.8) is 0 Å². The molecule has 0 spiro atoms. The van der Waals surface area contributed by atoms with Crippen LogP contribution in [-0.4, -0.2) is 26.5 Å². The molecule has 2 aromatic carbocycles. The highest BCUT2D eigenvalue weighted by Crippen LogP contribution is 2.12. The second kappa shape index (κ2) is 8.34. The maximum atomic E-state index is 11.9. The summed E-state index contributed by atoms with van der Waals surface area (Å²) in [5, 5.41) is 6.18. The third kappa shape index (κ3) is 5.42. The quantitative estimate of drug-likeness (QED) is 0.826. The molecule has 0 heterocycles. The SMILES string of the molecule is C[C@@H](NCC(=O)NCc1ccc(N(C)C)cc1)c1ccccc1. The van der Waals surface area contributed by atoms with E-state index in [-0.39, 0.29) is 11.9 Å². The molecule has 0 aliphatic rings. The van der Waals surface area contributed by atoms with E-state index in [1.807, 2.05) is 44.4 Å². The van der Waals surface area contributed by atoms with Gasteiger partial charge < -0.3 is 15.5 Å². The first-order valence-electron chi connectivity index (χ1n) is 7.87. The van der Waals surface area contributed by atoms with E-state index >= 15 is 0 Å². The first kappa shape index (κ1) is 17.0. The number of benzene rings is 2. The molecule has 0 aromatic heterocycles. The zero-order chi connectivity index (χ0) is 16.7. The van der Waals surface area contributed by atoms with E-state index in [2.05, 4.69) is 46.7 Å². The van der Waals surface area contributed by atoms with Gasteiger partial charge in [0.15, 0.2) is 0 Å². The third-order valence-electron chi connectivity index (χ3n) is 3.81. The minimum absolute atomic E-state index is 0.00414. The Kier molecular flexibility index (Phi) is 6.18. The lowest BCUT2D eigenvalue weighted by molar-refractivity contribution is -0.120. The first-order valence-corrected chi connectivity index (χ1v) is 7.87. The highest BCUT2D eigenvalue weighted by molar-refractivity contribution is 5.78. The zero-order valence-electron chi connectivity index (χ0n) is 14.0. The average Bonchev–Trinajstić information content (AvgIpc) is 2.59. The van der Waals surface area contributed by atoms with Crippen LogP contribution < -0.4 is 15.5 Å². The van der Waals surface area contributed by atoms with Crippen LogP contribution in [0, 0.1) is 0 Å². The Labute approximate surface area is 138 Å². The molecule has 4 heteroatoms. The number of hydrogen-bond acceptors (Lipinski definition) is 3. The molecule has 0 aliphatic heterocycles. The van der Waals surface area contributed by atoms with Gasteiger partial charge in [-0.05, 0) is 30.2 Å². The second-order valence-electron chi connectivity index (χ2n) is 5.85. The normalized spacial score (nSPS) is 11.8. The summed E-state index contributed by atoms with van der Waals surface area (Å²) in [5.74, 6) is 0.00414. The lowest BCUT2D eigenvalue weighted by Crippen LogP contribution is -2.34. The summed E-state index contributed by atoms with van der Waals surface area (Å²) in [7, 11) is 4.02. The highest BCUT2D eigenvalue weighted by Gasteiger charge is 2.07. The summed E-state index contributed by atoms with van der Waals surface area (Å²) in [6, 6.07) is 18.4. The number of anilines is 1. The Morgan fingerprint density at radius 2 is 1.70 bits per heavy atom. The summed E-state index contributed by atoms with van der Waals surface area (Å²) in [5.41, 5.74) is 3.43. The maximum absolute atomic E-state index is 11.9. The van der Waals surface area contributed by atoms with Gasteiger partial charge in [-0.15, -0.1) is 0 Å². The standard InChI is InChI=1S/C19H25N3O/c1-15(17-7-5-4-6-8-17)20-14-19(23)21-13-16-9-11-18(12-10-16)22(2)3/h4-12,15,20H,13-14H2,1-3H3,(H,21,23)/t15-/m1/s1. The molecule has 0 fully saturated rings. The smallest absolute Gasteiger partial charge is 0.234 e. The molecule has 1 amide bonds. The molecular weight excluding hydrogens is 286 g/mol. The van der Waals surface area contributed by atoms with Gasteiger partial charge in [0, 0.05) is 32.4 Å².